The Bertz CT molecular complexity index is 110. The molecule has 0 rings (SSSR count). The summed E-state index contributed by atoms with van der Waals surface area (Å²) < 4.78 is 4.82. The Hall–Kier alpha value is -0.530. The molecular weight excluding hydrogens is 140 g/mol. The summed E-state index contributed by atoms with van der Waals surface area (Å²) in [5.41, 5.74) is 0. The highest BCUT2D eigenvalue weighted by atomic mass is 16.5. The molecule has 0 saturated heterocycles. The van der Waals surface area contributed by atoms with Gasteiger partial charge in [-0.15, -0.1) is 0 Å². The molecule has 0 saturated carbocycles. The molecule has 0 aromatic carbocycles. The maximum absolute atomic E-state index is 10.4. The molecule has 0 aliphatic carbocycles. The molecule has 0 bridgehead atoms. The van der Waals surface area contributed by atoms with Gasteiger partial charge in [-0.05, 0) is 12.3 Å². The van der Waals surface area contributed by atoms with E-state index in [1.165, 1.54) is 19.8 Å². The third kappa shape index (κ3) is 7.37. The number of hydrogen-bond donors (Lipinski definition) is 0. The van der Waals surface area contributed by atoms with Gasteiger partial charge in [0.05, 0.1) is 6.61 Å². The maximum atomic E-state index is 10.4. The van der Waals surface area contributed by atoms with Crippen molar-refractivity contribution in [1.82, 2.24) is 0 Å². The van der Waals surface area contributed by atoms with Crippen LogP contribution in [-0.4, -0.2) is 12.6 Å². The minimum atomic E-state index is -0.173. The summed E-state index contributed by atoms with van der Waals surface area (Å²) in [7, 11) is 0. The van der Waals surface area contributed by atoms with E-state index in [9.17, 15) is 4.79 Å². The van der Waals surface area contributed by atoms with E-state index in [2.05, 4.69) is 13.8 Å². The highest BCUT2D eigenvalue weighted by molar-refractivity contribution is 5.65. The van der Waals surface area contributed by atoms with Gasteiger partial charge in [0.1, 0.15) is 0 Å². The van der Waals surface area contributed by atoms with Crippen LogP contribution in [0.2, 0.25) is 0 Å². The van der Waals surface area contributed by atoms with E-state index in [0.717, 1.165) is 6.42 Å². The van der Waals surface area contributed by atoms with Crippen LogP contribution in [0.5, 0.6) is 0 Å². The quantitative estimate of drug-likeness (QED) is 0.574. The largest absolute Gasteiger partial charge is 0.466 e. The van der Waals surface area contributed by atoms with E-state index in [1.807, 2.05) is 0 Å². The monoisotopic (exact) mass is 158 g/mol. The predicted octanol–water partition coefficient (Wildman–Crippen LogP) is 2.38. The van der Waals surface area contributed by atoms with Crippen molar-refractivity contribution in [3.05, 3.63) is 0 Å². The molecule has 0 fully saturated rings. The van der Waals surface area contributed by atoms with Gasteiger partial charge in [0.2, 0.25) is 0 Å². The summed E-state index contributed by atoms with van der Waals surface area (Å²) in [5.74, 6) is 0.507. The van der Waals surface area contributed by atoms with Gasteiger partial charge < -0.3 is 4.74 Å². The lowest BCUT2D eigenvalue weighted by molar-refractivity contribution is -0.141. The van der Waals surface area contributed by atoms with E-state index < -0.39 is 0 Å². The molecule has 1 atom stereocenters. The second-order valence-corrected chi connectivity index (χ2v) is 3.02. The standard InChI is InChI=1S/C9H18O2/c1-4-5-8(2)6-7-11-9(3)10/h8H,4-7H2,1-3H3/t8-/m1/s1. The van der Waals surface area contributed by atoms with Crippen LogP contribution in [0.1, 0.15) is 40.0 Å². The van der Waals surface area contributed by atoms with Crippen molar-refractivity contribution in [3.8, 4) is 0 Å². The van der Waals surface area contributed by atoms with E-state index in [0.29, 0.717) is 12.5 Å². The third-order valence-corrected chi connectivity index (χ3v) is 1.70. The molecule has 2 heteroatoms. The van der Waals surface area contributed by atoms with Crippen LogP contribution in [0.15, 0.2) is 0 Å². The zero-order valence-electron chi connectivity index (χ0n) is 7.72. The molecule has 0 aromatic heterocycles. The van der Waals surface area contributed by atoms with Crippen LogP contribution in [0.4, 0.5) is 0 Å². The van der Waals surface area contributed by atoms with Gasteiger partial charge >= 0.3 is 5.97 Å². The Morgan fingerprint density at radius 1 is 1.45 bits per heavy atom. The number of hydrogen-bond acceptors (Lipinski definition) is 2. The van der Waals surface area contributed by atoms with Crippen LogP contribution in [0.25, 0.3) is 0 Å². The van der Waals surface area contributed by atoms with Crippen molar-refractivity contribution < 1.29 is 9.53 Å². The Kier molecular flexibility index (Phi) is 5.90. The number of carbonyl (C=O) groups excluding carboxylic acids is 1. The first-order valence-electron chi connectivity index (χ1n) is 4.30. The summed E-state index contributed by atoms with van der Waals surface area (Å²) in [6.45, 7) is 6.39. The lowest BCUT2D eigenvalue weighted by Crippen LogP contribution is -2.04. The van der Waals surface area contributed by atoms with Crippen molar-refractivity contribution in [2.24, 2.45) is 5.92 Å². The van der Waals surface area contributed by atoms with Gasteiger partial charge in [-0.1, -0.05) is 26.7 Å². The molecule has 0 aliphatic heterocycles. The van der Waals surface area contributed by atoms with Crippen molar-refractivity contribution in [2.45, 2.75) is 40.0 Å². The predicted molar refractivity (Wildman–Crippen MR) is 45.3 cm³/mol. The van der Waals surface area contributed by atoms with E-state index in [4.69, 9.17) is 4.74 Å². The fraction of sp³-hybridized carbons (Fsp3) is 0.889. The molecule has 0 spiro atoms. The molecular formula is C9H18O2. The molecule has 66 valence electrons. The summed E-state index contributed by atoms with van der Waals surface area (Å²) >= 11 is 0. The molecule has 0 heterocycles. The first kappa shape index (κ1) is 10.5. The highest BCUT2D eigenvalue weighted by Gasteiger charge is 2.00. The van der Waals surface area contributed by atoms with Gasteiger partial charge in [0.15, 0.2) is 0 Å². The molecule has 0 radical (unpaired) electrons. The number of ether oxygens (including phenoxy) is 1. The van der Waals surface area contributed by atoms with Crippen molar-refractivity contribution in [1.29, 1.82) is 0 Å². The average Bonchev–Trinajstić information content (AvgIpc) is 1.87. The normalized spacial score (nSPS) is 12.6. The fourth-order valence-corrected chi connectivity index (χ4v) is 1.04. The minimum Gasteiger partial charge on any atom is -0.466 e. The zero-order valence-corrected chi connectivity index (χ0v) is 7.72. The van der Waals surface area contributed by atoms with Crippen LogP contribution >= 0.6 is 0 Å². The summed E-state index contributed by atoms with van der Waals surface area (Å²) in [4.78, 5) is 10.4. The van der Waals surface area contributed by atoms with Crippen LogP contribution in [-0.2, 0) is 9.53 Å². The lowest BCUT2D eigenvalue weighted by atomic mass is 10.0. The van der Waals surface area contributed by atoms with Crippen molar-refractivity contribution in [2.75, 3.05) is 6.61 Å². The average molecular weight is 158 g/mol. The van der Waals surface area contributed by atoms with E-state index >= 15 is 0 Å². The SMILES string of the molecule is CCC[C@@H](C)CCOC(C)=O. The molecule has 0 aliphatic rings. The molecule has 11 heavy (non-hydrogen) atoms. The zero-order chi connectivity index (χ0) is 8.69. The first-order valence-corrected chi connectivity index (χ1v) is 4.30. The van der Waals surface area contributed by atoms with E-state index in [-0.39, 0.29) is 5.97 Å². The second kappa shape index (κ2) is 6.20. The van der Waals surface area contributed by atoms with Gasteiger partial charge in [0, 0.05) is 6.92 Å². The summed E-state index contributed by atoms with van der Waals surface area (Å²) in [6, 6.07) is 0. The Balaban J connectivity index is 3.16. The van der Waals surface area contributed by atoms with Gasteiger partial charge in [-0.3, -0.25) is 4.79 Å². The van der Waals surface area contributed by atoms with Crippen LogP contribution in [0.3, 0.4) is 0 Å². The van der Waals surface area contributed by atoms with Crippen LogP contribution < -0.4 is 0 Å². The first-order chi connectivity index (χ1) is 5.16. The van der Waals surface area contributed by atoms with Gasteiger partial charge in [-0.25, -0.2) is 0 Å². The van der Waals surface area contributed by atoms with E-state index in [1.54, 1.807) is 0 Å². The third-order valence-electron chi connectivity index (χ3n) is 1.70. The Morgan fingerprint density at radius 2 is 2.09 bits per heavy atom. The lowest BCUT2D eigenvalue weighted by Gasteiger charge is -2.08. The minimum absolute atomic E-state index is 0.173. The number of rotatable bonds is 5. The fourth-order valence-electron chi connectivity index (χ4n) is 1.04. The molecule has 0 unspecified atom stereocenters. The highest BCUT2D eigenvalue weighted by Crippen LogP contribution is 2.09. The smallest absolute Gasteiger partial charge is 0.302 e. The maximum Gasteiger partial charge on any atom is 0.302 e. The molecule has 2 nitrogen and oxygen atoms in total. The van der Waals surface area contributed by atoms with Crippen molar-refractivity contribution >= 4 is 5.97 Å². The summed E-state index contributed by atoms with van der Waals surface area (Å²) in [5, 5.41) is 0. The summed E-state index contributed by atoms with van der Waals surface area (Å²) in [6.07, 6.45) is 3.43. The second-order valence-electron chi connectivity index (χ2n) is 3.02. The Morgan fingerprint density at radius 3 is 2.55 bits per heavy atom. The van der Waals surface area contributed by atoms with Gasteiger partial charge in [-0.2, -0.15) is 0 Å². The molecule has 0 aromatic rings. The van der Waals surface area contributed by atoms with Gasteiger partial charge in [0.25, 0.3) is 0 Å². The van der Waals surface area contributed by atoms with Crippen molar-refractivity contribution in [3.63, 3.8) is 0 Å². The van der Waals surface area contributed by atoms with Crippen LogP contribution in [0, 0.1) is 5.92 Å². The Labute approximate surface area is 68.9 Å². The molecule has 0 amide bonds. The molecule has 0 N–H and O–H groups in total. The topological polar surface area (TPSA) is 26.3 Å². The number of carbonyl (C=O) groups is 1. The number of esters is 1.